The standard InChI is InChI=1S/C11H19N3O/c1-3-10(15)4-5-13-9(2)11-8-12-6-7-14-11/h6-10,13,15H,3-5H2,1-2H3. The minimum absolute atomic E-state index is 0.183. The lowest BCUT2D eigenvalue weighted by Gasteiger charge is -2.14. The van der Waals surface area contributed by atoms with Crippen molar-refractivity contribution in [1.82, 2.24) is 15.3 Å². The van der Waals surface area contributed by atoms with Crippen LogP contribution in [-0.2, 0) is 0 Å². The molecule has 1 aromatic rings. The van der Waals surface area contributed by atoms with Crippen LogP contribution in [0, 0.1) is 0 Å². The van der Waals surface area contributed by atoms with Crippen molar-refractivity contribution in [3.05, 3.63) is 24.3 Å². The third kappa shape index (κ3) is 4.36. The Morgan fingerprint density at radius 2 is 2.27 bits per heavy atom. The molecule has 2 N–H and O–H groups in total. The van der Waals surface area contributed by atoms with Crippen molar-refractivity contribution in [3.63, 3.8) is 0 Å². The fraction of sp³-hybridized carbons (Fsp3) is 0.636. The largest absolute Gasteiger partial charge is 0.393 e. The van der Waals surface area contributed by atoms with E-state index in [1.807, 2.05) is 13.8 Å². The number of hydrogen-bond donors (Lipinski definition) is 2. The summed E-state index contributed by atoms with van der Waals surface area (Å²) in [5.74, 6) is 0. The Morgan fingerprint density at radius 3 is 2.87 bits per heavy atom. The van der Waals surface area contributed by atoms with E-state index < -0.39 is 0 Å². The van der Waals surface area contributed by atoms with Crippen molar-refractivity contribution in [2.45, 2.75) is 38.8 Å². The predicted octanol–water partition coefficient (Wildman–Crippen LogP) is 1.29. The Labute approximate surface area is 90.8 Å². The first-order valence-corrected chi connectivity index (χ1v) is 5.41. The minimum Gasteiger partial charge on any atom is -0.393 e. The van der Waals surface area contributed by atoms with Gasteiger partial charge in [-0.25, -0.2) is 0 Å². The van der Waals surface area contributed by atoms with Crippen molar-refractivity contribution < 1.29 is 5.11 Å². The highest BCUT2D eigenvalue weighted by Gasteiger charge is 2.06. The third-order valence-corrected chi connectivity index (χ3v) is 2.43. The molecule has 0 amide bonds. The summed E-state index contributed by atoms with van der Waals surface area (Å²) in [5.41, 5.74) is 0.934. The normalized spacial score (nSPS) is 14.9. The van der Waals surface area contributed by atoms with Gasteiger partial charge in [-0.05, 0) is 26.3 Å². The minimum atomic E-state index is -0.202. The van der Waals surface area contributed by atoms with E-state index in [0.717, 1.165) is 25.1 Å². The number of rotatable bonds is 6. The van der Waals surface area contributed by atoms with E-state index in [1.54, 1.807) is 18.6 Å². The second-order valence-corrected chi connectivity index (χ2v) is 3.66. The van der Waals surface area contributed by atoms with Crippen molar-refractivity contribution in [2.24, 2.45) is 0 Å². The molecule has 1 heterocycles. The molecule has 15 heavy (non-hydrogen) atoms. The molecular formula is C11H19N3O. The van der Waals surface area contributed by atoms with Crippen LogP contribution in [0.5, 0.6) is 0 Å². The highest BCUT2D eigenvalue weighted by molar-refractivity contribution is 5.00. The monoisotopic (exact) mass is 209 g/mol. The summed E-state index contributed by atoms with van der Waals surface area (Å²) in [4.78, 5) is 8.22. The molecule has 84 valence electrons. The second kappa shape index (κ2) is 6.48. The SMILES string of the molecule is CCC(O)CCNC(C)c1cnccn1. The summed E-state index contributed by atoms with van der Waals surface area (Å²) in [5, 5.41) is 12.7. The van der Waals surface area contributed by atoms with E-state index in [9.17, 15) is 5.11 Å². The van der Waals surface area contributed by atoms with Crippen LogP contribution in [-0.4, -0.2) is 27.7 Å². The molecule has 2 unspecified atom stereocenters. The summed E-state index contributed by atoms with van der Waals surface area (Å²) in [7, 11) is 0. The number of hydrogen-bond acceptors (Lipinski definition) is 4. The highest BCUT2D eigenvalue weighted by atomic mass is 16.3. The molecule has 2 atom stereocenters. The lowest BCUT2D eigenvalue weighted by Crippen LogP contribution is -2.24. The van der Waals surface area contributed by atoms with Gasteiger partial charge < -0.3 is 10.4 Å². The van der Waals surface area contributed by atoms with Gasteiger partial charge in [-0.3, -0.25) is 9.97 Å². The van der Waals surface area contributed by atoms with E-state index >= 15 is 0 Å². The fourth-order valence-electron chi connectivity index (χ4n) is 1.31. The topological polar surface area (TPSA) is 58.0 Å². The Balaban J connectivity index is 2.28. The Morgan fingerprint density at radius 1 is 1.47 bits per heavy atom. The fourth-order valence-corrected chi connectivity index (χ4v) is 1.31. The van der Waals surface area contributed by atoms with Gasteiger partial charge in [-0.1, -0.05) is 6.92 Å². The average Bonchev–Trinajstić information content (AvgIpc) is 2.29. The summed E-state index contributed by atoms with van der Waals surface area (Å²) in [6.07, 6.45) is 6.49. The quantitative estimate of drug-likeness (QED) is 0.741. The lowest BCUT2D eigenvalue weighted by molar-refractivity contribution is 0.158. The summed E-state index contributed by atoms with van der Waals surface area (Å²) in [6.45, 7) is 4.83. The number of nitrogens with zero attached hydrogens (tertiary/aromatic N) is 2. The molecule has 0 aliphatic heterocycles. The van der Waals surface area contributed by atoms with Crippen LogP contribution in [0.3, 0.4) is 0 Å². The van der Waals surface area contributed by atoms with Gasteiger partial charge in [0.15, 0.2) is 0 Å². The molecule has 1 aromatic heterocycles. The molecule has 0 aliphatic carbocycles. The van der Waals surface area contributed by atoms with Crippen molar-refractivity contribution in [1.29, 1.82) is 0 Å². The van der Waals surface area contributed by atoms with Gasteiger partial charge in [0.1, 0.15) is 0 Å². The predicted molar refractivity (Wildman–Crippen MR) is 59.4 cm³/mol. The maximum atomic E-state index is 9.37. The summed E-state index contributed by atoms with van der Waals surface area (Å²) < 4.78 is 0. The van der Waals surface area contributed by atoms with Crippen LogP contribution < -0.4 is 5.32 Å². The Bertz CT molecular complexity index is 266. The molecule has 4 heteroatoms. The van der Waals surface area contributed by atoms with E-state index in [0.29, 0.717) is 0 Å². The lowest BCUT2D eigenvalue weighted by atomic mass is 10.2. The van der Waals surface area contributed by atoms with Crippen LogP contribution in [0.2, 0.25) is 0 Å². The molecule has 0 spiro atoms. The van der Waals surface area contributed by atoms with Crippen LogP contribution in [0.15, 0.2) is 18.6 Å². The van der Waals surface area contributed by atoms with Crippen molar-refractivity contribution in [2.75, 3.05) is 6.54 Å². The Kier molecular flexibility index (Phi) is 5.21. The molecule has 0 aromatic carbocycles. The zero-order chi connectivity index (χ0) is 11.1. The first kappa shape index (κ1) is 12.1. The highest BCUT2D eigenvalue weighted by Crippen LogP contribution is 2.06. The second-order valence-electron chi connectivity index (χ2n) is 3.66. The average molecular weight is 209 g/mol. The smallest absolute Gasteiger partial charge is 0.0753 e. The van der Waals surface area contributed by atoms with Gasteiger partial charge in [0, 0.05) is 24.6 Å². The summed E-state index contributed by atoms with van der Waals surface area (Å²) in [6, 6.07) is 0.183. The molecule has 0 aliphatic rings. The van der Waals surface area contributed by atoms with Gasteiger partial charge in [0.05, 0.1) is 11.8 Å². The van der Waals surface area contributed by atoms with Gasteiger partial charge >= 0.3 is 0 Å². The van der Waals surface area contributed by atoms with E-state index in [-0.39, 0.29) is 12.1 Å². The van der Waals surface area contributed by atoms with Gasteiger partial charge in [0.2, 0.25) is 0 Å². The number of aromatic nitrogens is 2. The molecule has 0 bridgehead atoms. The third-order valence-electron chi connectivity index (χ3n) is 2.43. The van der Waals surface area contributed by atoms with Crippen LogP contribution in [0.4, 0.5) is 0 Å². The van der Waals surface area contributed by atoms with E-state index in [4.69, 9.17) is 0 Å². The molecular weight excluding hydrogens is 190 g/mol. The Hall–Kier alpha value is -1.00. The molecule has 0 saturated heterocycles. The van der Waals surface area contributed by atoms with E-state index in [2.05, 4.69) is 15.3 Å². The van der Waals surface area contributed by atoms with Gasteiger partial charge in [0.25, 0.3) is 0 Å². The maximum Gasteiger partial charge on any atom is 0.0753 e. The maximum absolute atomic E-state index is 9.37. The first-order valence-electron chi connectivity index (χ1n) is 5.41. The van der Waals surface area contributed by atoms with Crippen LogP contribution in [0.1, 0.15) is 38.4 Å². The van der Waals surface area contributed by atoms with Gasteiger partial charge in [-0.15, -0.1) is 0 Å². The van der Waals surface area contributed by atoms with Crippen molar-refractivity contribution >= 4 is 0 Å². The molecule has 0 radical (unpaired) electrons. The van der Waals surface area contributed by atoms with Crippen LogP contribution in [0.25, 0.3) is 0 Å². The zero-order valence-corrected chi connectivity index (χ0v) is 9.35. The van der Waals surface area contributed by atoms with Crippen LogP contribution >= 0.6 is 0 Å². The summed E-state index contributed by atoms with van der Waals surface area (Å²) >= 11 is 0. The van der Waals surface area contributed by atoms with Crippen molar-refractivity contribution in [3.8, 4) is 0 Å². The molecule has 4 nitrogen and oxygen atoms in total. The zero-order valence-electron chi connectivity index (χ0n) is 9.35. The van der Waals surface area contributed by atoms with Gasteiger partial charge in [-0.2, -0.15) is 0 Å². The first-order chi connectivity index (χ1) is 7.24. The molecule has 0 saturated carbocycles. The number of aliphatic hydroxyl groups is 1. The molecule has 1 rings (SSSR count). The number of nitrogens with one attached hydrogen (secondary N) is 1. The molecule has 0 fully saturated rings. The van der Waals surface area contributed by atoms with E-state index in [1.165, 1.54) is 0 Å². The number of aliphatic hydroxyl groups excluding tert-OH is 1.